The van der Waals surface area contributed by atoms with E-state index in [1.54, 1.807) is 54.8 Å². The summed E-state index contributed by atoms with van der Waals surface area (Å²) in [5.74, 6) is -3.62. The van der Waals surface area contributed by atoms with Crippen LogP contribution in [0.1, 0.15) is 79.4 Å². The van der Waals surface area contributed by atoms with Crippen molar-refractivity contribution in [3.8, 4) is 23.0 Å². The number of ether oxygens (including phenoxy) is 8. The monoisotopic (exact) mass is 1890 g/mol. The van der Waals surface area contributed by atoms with Crippen molar-refractivity contribution in [1.82, 2.24) is 21.3 Å². The molecule has 127 heavy (non-hydrogen) atoms. The van der Waals surface area contributed by atoms with Crippen molar-refractivity contribution >= 4 is 132 Å². The Hall–Kier alpha value is -8.07. The van der Waals surface area contributed by atoms with Gasteiger partial charge in [0.25, 0.3) is 11.8 Å². The molecule has 0 aliphatic carbocycles. The molecular formula is C86H111BCl4KN7NaO27. The summed E-state index contributed by atoms with van der Waals surface area (Å²) in [7, 11) is 1.98. The predicted molar refractivity (Wildman–Crippen MR) is 469 cm³/mol. The molecule has 0 unspecified atom stereocenters. The van der Waals surface area contributed by atoms with Crippen LogP contribution in [-0.4, -0.2) is 263 Å². The number of phenolic OH excluding ortho intramolecular Hbond substituents is 3. The Balaban J connectivity index is -0.000000686. The van der Waals surface area contributed by atoms with Gasteiger partial charge in [-0.2, -0.15) is 0 Å². The Morgan fingerprint density at radius 1 is 0.583 bits per heavy atom. The number of aliphatic hydroxyl groups is 4. The molecule has 7 aromatic carbocycles. The number of nitrogens with one attached hydrogen (secondary N) is 4. The Morgan fingerprint density at radius 3 is 1.35 bits per heavy atom. The third kappa shape index (κ3) is 54.2. The van der Waals surface area contributed by atoms with Crippen LogP contribution in [0.2, 0.25) is 0 Å². The van der Waals surface area contributed by atoms with Crippen molar-refractivity contribution in [2.24, 2.45) is 5.73 Å². The number of hydrogen-bond acceptors (Lipinski definition) is 29. The van der Waals surface area contributed by atoms with Gasteiger partial charge in [0, 0.05) is 19.8 Å². The SMILES string of the molecule is CC(C)(C)[O-].CCCCNC.Cl.N[C@@H](CO)C(=O)OCc1ccccc1.O=C(CCl)N[C@@H](CO)C(=O)OCc1ccccc1.O=C(Cl)CCl.O=C1COC[C@@H](C(=O)OCc2ccccc2)N1.O=C1COC[C@@H](CO)N1.O=C1COC[C@@H](CO)N1c1ccccc1.O=Cc1c(O)cccc1O.O=Cc1c(O)cccc1OC[C@@H]1COCC(=O)N1c1ccccc1.[B].[H-].[K+].[Na+]. The number of benzene rings is 7. The standard InChI is InChI=1S/C18H17NO5.C12H14ClNO4.C12H13NO4.C11H13NO3.C10H13NO3.C7H6O3.C5H9NO3.C5H13N.C4H9O.C2H2Cl2O.B.ClH.K.Na.H/c20-9-15-16(21)7-4-8-17(15)24-11-14-10-23-12-18(22)19(14)13-5-2-1-3-6-13;13-6-11(16)14-10(7-15)12(17)18-8-9-4-2-1-3-5-9;14-11-8-16-7-10(13-11)12(15)17-6-9-4-2-1-3-5-9;13-6-10-7-15-8-11(14)12(10)9-4-2-1-3-5-9;11-9(6-12)10(13)14-7-8-4-2-1-3-5-8;8-4-5-6(9)2-1-3-7(5)10;7-1-4-2-9-3-5(8)6-4;1-3-4-5-6-2;1-4(2,3)5;3-1-2(4)5;;;;;/h1-9,14,21H,10-12H2;1-5,10,15H,6-8H2,(H,14,16);1-5,10H,6-8H2,(H,13,14);1-5,10,13H,6-8H2;1-5,9,12H,6-7,11H2;1-4,9-10H;4,7H,1-3H2,(H,6,8);6H,3-5H2,1-2H3;1-3H3;1H2;;1H;;;/q;;;;;;;;-1;;;;2*+1;-1/t14-;3*10-;9-;;4-;;;;;;;;/m00010.1......../s1. The van der Waals surface area contributed by atoms with Crippen molar-refractivity contribution in [1.29, 1.82) is 0 Å². The number of morpholine rings is 4. The second kappa shape index (κ2) is 73.7. The van der Waals surface area contributed by atoms with E-state index in [-0.39, 0.29) is 264 Å². The van der Waals surface area contributed by atoms with Crippen LogP contribution in [0.3, 0.4) is 0 Å². The molecule has 13 N–H and O–H groups in total. The number of esters is 3. The number of hydrogen-bond donors (Lipinski definition) is 12. The predicted octanol–water partition coefficient (Wildman–Crippen LogP) is -1.13. The van der Waals surface area contributed by atoms with Crippen molar-refractivity contribution < 1.29 is 214 Å². The van der Waals surface area contributed by atoms with Gasteiger partial charge in [-0.1, -0.05) is 174 Å². The third-order valence-corrected chi connectivity index (χ3v) is 16.4. The summed E-state index contributed by atoms with van der Waals surface area (Å²) in [5.41, 5.74) is 8.73. The van der Waals surface area contributed by atoms with Gasteiger partial charge in [-0.25, -0.2) is 9.59 Å². The summed E-state index contributed by atoms with van der Waals surface area (Å²) in [6.45, 7) is 9.35. The van der Waals surface area contributed by atoms with Crippen LogP contribution in [0.15, 0.2) is 188 Å². The largest absolute Gasteiger partial charge is 1.00 e. The molecular weight excluding hydrogens is 1780 g/mol. The molecule has 11 rings (SSSR count). The molecule has 0 aromatic heterocycles. The number of halogens is 4. The molecule has 4 heterocycles. The van der Waals surface area contributed by atoms with Gasteiger partial charge in [-0.15, -0.1) is 41.2 Å². The first-order chi connectivity index (χ1) is 59.0. The summed E-state index contributed by atoms with van der Waals surface area (Å²) < 4.78 is 40.8. The molecule has 5 amide bonds. The average molecular weight is 1890 g/mol. The number of nitrogens with zero attached hydrogens (tertiary/aromatic N) is 2. The van der Waals surface area contributed by atoms with Gasteiger partial charge in [-0.05, 0) is 96.8 Å². The van der Waals surface area contributed by atoms with Gasteiger partial charge in [0.1, 0.15) is 87.8 Å². The first-order valence-corrected chi connectivity index (χ1v) is 39.7. The maximum atomic E-state index is 12.2. The number of amides is 5. The van der Waals surface area contributed by atoms with Gasteiger partial charge >= 0.3 is 98.8 Å². The molecule has 0 spiro atoms. The minimum atomic E-state index is -1.08. The smallest absolute Gasteiger partial charge is 1.00 e. The van der Waals surface area contributed by atoms with Crippen LogP contribution >= 0.6 is 47.2 Å². The third-order valence-electron chi connectivity index (χ3n) is 15.6. The molecule has 34 nitrogen and oxygen atoms in total. The molecule has 7 aromatic rings. The zero-order chi connectivity index (χ0) is 91.3. The van der Waals surface area contributed by atoms with E-state index >= 15 is 0 Å². The Kier molecular flexibility index (Phi) is 71.4. The van der Waals surface area contributed by atoms with Crippen LogP contribution < -0.4 is 128 Å². The van der Waals surface area contributed by atoms with Gasteiger partial charge in [0.2, 0.25) is 23.0 Å². The summed E-state index contributed by atoms with van der Waals surface area (Å²) in [4.78, 5) is 125. The van der Waals surface area contributed by atoms with E-state index in [2.05, 4.69) is 28.2 Å². The maximum absolute atomic E-state index is 12.2. The summed E-state index contributed by atoms with van der Waals surface area (Å²) in [6, 6.07) is 51.6. The van der Waals surface area contributed by atoms with Crippen LogP contribution in [0.5, 0.6) is 23.0 Å². The van der Waals surface area contributed by atoms with Gasteiger partial charge in [-0.3, -0.25) is 43.2 Å². The number of alkyl halides is 2. The number of unbranched alkanes of at least 4 members (excludes halogenated alkanes) is 1. The number of aromatic hydroxyl groups is 3. The molecule has 4 fully saturated rings. The number of aldehydes is 2. The molecule has 685 valence electrons. The normalized spacial score (nSPS) is 15.4. The van der Waals surface area contributed by atoms with Gasteiger partial charge < -0.3 is 117 Å². The minimum Gasteiger partial charge on any atom is -1.00 e. The number of carbonyl (C=O) groups is 11. The van der Waals surface area contributed by atoms with Crippen LogP contribution in [0.4, 0.5) is 11.4 Å². The number of para-hydroxylation sites is 2. The molecule has 3 radical (unpaired) electrons. The number of carbonyl (C=O) groups excluding carboxylic acids is 11. The summed E-state index contributed by atoms with van der Waals surface area (Å²) in [6.07, 6.45) is 3.55. The number of rotatable bonds is 26. The molecule has 41 heteroatoms. The van der Waals surface area contributed by atoms with Crippen molar-refractivity contribution in [3.05, 3.63) is 216 Å². The van der Waals surface area contributed by atoms with E-state index < -0.39 is 66.0 Å². The zero-order valence-electron chi connectivity index (χ0n) is 72.8. The minimum absolute atomic E-state index is 0. The summed E-state index contributed by atoms with van der Waals surface area (Å²) >= 11 is 14.8. The quantitative estimate of drug-likeness (QED) is 0.00581. The average Bonchev–Trinajstić information content (AvgIpc) is 0.809. The zero-order valence-corrected chi connectivity index (χ0v) is 80.0. The number of aliphatic hydroxyl groups excluding tert-OH is 4. The van der Waals surface area contributed by atoms with Crippen molar-refractivity contribution in [2.75, 3.05) is 121 Å². The van der Waals surface area contributed by atoms with Crippen molar-refractivity contribution in [3.63, 3.8) is 0 Å². The first kappa shape index (κ1) is 123. The van der Waals surface area contributed by atoms with E-state index in [1.165, 1.54) is 37.1 Å². The molecule has 4 aliphatic heterocycles. The van der Waals surface area contributed by atoms with E-state index in [1.807, 2.05) is 147 Å². The Morgan fingerprint density at radius 2 is 0.984 bits per heavy atom. The van der Waals surface area contributed by atoms with Crippen LogP contribution in [0.25, 0.3) is 0 Å². The van der Waals surface area contributed by atoms with Gasteiger partial charge in [0.15, 0.2) is 24.7 Å². The molecule has 4 aliphatic rings. The second-order valence-corrected chi connectivity index (χ2v) is 27.8. The van der Waals surface area contributed by atoms with E-state index in [0.29, 0.717) is 32.4 Å². The maximum Gasteiger partial charge on any atom is 1.00 e. The number of anilines is 2. The Bertz CT molecular complexity index is 4220. The van der Waals surface area contributed by atoms with Crippen LogP contribution in [0, 0.1) is 0 Å². The molecule has 0 bridgehead atoms. The molecule has 6 atom stereocenters. The number of phenols is 3. The number of nitrogens with two attached hydrogens (primary N) is 1. The van der Waals surface area contributed by atoms with E-state index in [9.17, 15) is 63.0 Å². The fraction of sp³-hybridized carbons (Fsp3) is 0.384. The van der Waals surface area contributed by atoms with Crippen LogP contribution in [-0.2, 0) is 96.1 Å². The fourth-order valence-electron chi connectivity index (χ4n) is 9.74. The topological polar surface area (TPSA) is 507 Å². The van der Waals surface area contributed by atoms with Gasteiger partial charge in [0.05, 0.1) is 88.0 Å². The second-order valence-electron chi connectivity index (χ2n) is 26.8. The Labute approximate surface area is 827 Å². The summed E-state index contributed by atoms with van der Waals surface area (Å²) in [5, 5.41) is 82.7. The van der Waals surface area contributed by atoms with E-state index in [4.69, 9.17) is 109 Å². The molecule has 0 saturated carbocycles. The fourth-order valence-corrected chi connectivity index (χ4v) is 9.82. The van der Waals surface area contributed by atoms with Crippen molar-refractivity contribution in [2.45, 2.75) is 102 Å². The molecule has 4 saturated heterocycles. The first-order valence-electron chi connectivity index (χ1n) is 38.2. The van der Waals surface area contributed by atoms with E-state index in [0.717, 1.165) is 34.6 Å².